The van der Waals surface area contributed by atoms with E-state index in [-0.39, 0.29) is 22.2 Å². The highest BCUT2D eigenvalue weighted by Crippen LogP contribution is 2.32. The van der Waals surface area contributed by atoms with Gasteiger partial charge in [0.25, 0.3) is 21.6 Å². The van der Waals surface area contributed by atoms with E-state index >= 15 is 0 Å². The van der Waals surface area contributed by atoms with Crippen LogP contribution < -0.4 is 20.3 Å². The van der Waals surface area contributed by atoms with Crippen molar-refractivity contribution in [1.29, 1.82) is 0 Å². The van der Waals surface area contributed by atoms with Gasteiger partial charge in [0.15, 0.2) is 0 Å². The van der Waals surface area contributed by atoms with Gasteiger partial charge in [0.2, 0.25) is 0 Å². The molecular formula is C48H55ClN8O5S2. The van der Waals surface area contributed by atoms with E-state index in [4.69, 9.17) is 11.6 Å². The summed E-state index contributed by atoms with van der Waals surface area (Å²) in [7, 11) is -0.517. The Kier molecular flexibility index (Phi) is 14.6. The summed E-state index contributed by atoms with van der Waals surface area (Å²) in [6.45, 7) is 7.93. The van der Waals surface area contributed by atoms with Crippen LogP contribution in [0.2, 0.25) is 5.02 Å². The zero-order valence-corrected chi connectivity index (χ0v) is 38.5. The lowest BCUT2D eigenvalue weighted by Gasteiger charge is -2.36. The third kappa shape index (κ3) is 11.4. The van der Waals surface area contributed by atoms with Crippen molar-refractivity contribution >= 4 is 56.4 Å². The number of nitro benzene ring substituents is 1. The number of halogens is 1. The smallest absolute Gasteiger partial charge is 0.293 e. The highest BCUT2D eigenvalue weighted by atomic mass is 35.5. The molecule has 336 valence electrons. The predicted octanol–water partition coefficient (Wildman–Crippen LogP) is 7.43. The summed E-state index contributed by atoms with van der Waals surface area (Å²) in [5.41, 5.74) is 5.89. The molecule has 8 rings (SSSR count). The molecule has 1 amide bonds. The number of nitrogens with zero attached hydrogens (tertiary/aromatic N) is 5. The summed E-state index contributed by atoms with van der Waals surface area (Å²) in [6, 6.07) is 36.5. The van der Waals surface area contributed by atoms with Crippen molar-refractivity contribution in [1.82, 2.24) is 24.7 Å². The van der Waals surface area contributed by atoms with E-state index in [1.807, 2.05) is 73.6 Å². The van der Waals surface area contributed by atoms with Gasteiger partial charge in [-0.25, -0.2) is 13.1 Å². The van der Waals surface area contributed by atoms with E-state index in [0.717, 1.165) is 81.1 Å². The van der Waals surface area contributed by atoms with Gasteiger partial charge < -0.3 is 20.4 Å². The molecule has 0 unspecified atom stereocenters. The number of nitro groups is 1. The lowest BCUT2D eigenvalue weighted by Crippen LogP contribution is -2.46. The van der Waals surface area contributed by atoms with Crippen molar-refractivity contribution in [2.24, 2.45) is 0 Å². The maximum absolute atomic E-state index is 13.5. The summed E-state index contributed by atoms with van der Waals surface area (Å²) >= 11 is 7.89. The normalized spacial score (nSPS) is 18.3. The van der Waals surface area contributed by atoms with Crippen molar-refractivity contribution in [3.63, 3.8) is 0 Å². The number of amides is 1. The predicted molar refractivity (Wildman–Crippen MR) is 257 cm³/mol. The SMILES string of the molecule is CN(C)CC[C@H](CSc1ccccc1)Nc1ccc(S(=O)(=O)NC(=O)c2ccc(N3CCN(Cc4cc(CN5C[C@H]6C[C@@H]5CN6)ccc4-c4ccc(Cl)cc4)CC3)cc2)cc1[N+](=O)[O-]. The molecule has 2 bridgehead atoms. The van der Waals surface area contributed by atoms with Crippen LogP contribution in [0.25, 0.3) is 11.1 Å². The molecule has 3 heterocycles. The molecular weight excluding hydrogens is 868 g/mol. The number of thioether (sulfide) groups is 1. The second-order valence-electron chi connectivity index (χ2n) is 17.2. The Morgan fingerprint density at radius 3 is 2.36 bits per heavy atom. The minimum atomic E-state index is -4.44. The van der Waals surface area contributed by atoms with Crippen LogP contribution in [0.15, 0.2) is 125 Å². The molecule has 0 aromatic heterocycles. The summed E-state index contributed by atoms with van der Waals surface area (Å²) in [5.74, 6) is -0.185. The number of carbonyl (C=O) groups excluding carboxylic acids is 1. The van der Waals surface area contributed by atoms with Gasteiger partial charge in [0.1, 0.15) is 5.69 Å². The molecule has 3 aliphatic rings. The molecule has 64 heavy (non-hydrogen) atoms. The van der Waals surface area contributed by atoms with E-state index in [1.165, 1.54) is 35.2 Å². The Morgan fingerprint density at radius 1 is 0.938 bits per heavy atom. The summed E-state index contributed by atoms with van der Waals surface area (Å²) < 4.78 is 29.1. The number of nitrogens with one attached hydrogen (secondary N) is 3. The number of piperazine rings is 2. The molecule has 13 nitrogen and oxygen atoms in total. The summed E-state index contributed by atoms with van der Waals surface area (Å²) in [6.07, 6.45) is 1.93. The van der Waals surface area contributed by atoms with Crippen LogP contribution in [0.3, 0.4) is 0 Å². The first kappa shape index (κ1) is 45.6. The van der Waals surface area contributed by atoms with Crippen LogP contribution in [0.4, 0.5) is 17.1 Å². The standard InChI is InChI=1S/C48H55ClN8O5S2/c1-53(2)21-20-39(33-63-43-6-4-3-5-7-43)51-46-19-17-44(28-47(46)57(59)60)64(61,62)52-48(58)36-11-15-41(16-12-36)55-24-22-54(23-25-55)31-37-26-34(30-56-32-40-27-42(56)29-50-40)8-18-45(37)35-9-13-38(49)14-10-35/h3-19,26,28,39-40,42,50-51H,20-25,27,29-33H2,1-2H3,(H,52,58)/t39-,40-,42-/m1/s1. The van der Waals surface area contributed by atoms with Crippen LogP contribution in [-0.2, 0) is 23.1 Å². The number of rotatable bonds is 18. The topological polar surface area (TPSA) is 143 Å². The minimum Gasteiger partial charge on any atom is -0.376 e. The van der Waals surface area contributed by atoms with Crippen molar-refractivity contribution in [2.75, 3.05) is 75.9 Å². The Bertz CT molecular complexity index is 2520. The Labute approximate surface area is 385 Å². The number of likely N-dealkylation sites (tertiary alicyclic amines) is 1. The van der Waals surface area contributed by atoms with Gasteiger partial charge in [0, 0.05) is 103 Å². The monoisotopic (exact) mass is 922 g/mol. The van der Waals surface area contributed by atoms with E-state index in [1.54, 1.807) is 23.9 Å². The van der Waals surface area contributed by atoms with Crippen LogP contribution in [0, 0.1) is 10.1 Å². The van der Waals surface area contributed by atoms with E-state index < -0.39 is 26.5 Å². The van der Waals surface area contributed by atoms with Gasteiger partial charge in [0.05, 0.1) is 9.82 Å². The fourth-order valence-corrected chi connectivity index (χ4v) is 10.9. The zero-order chi connectivity index (χ0) is 44.8. The number of fused-ring (bicyclic) bond motifs is 2. The number of benzene rings is 5. The molecule has 3 aliphatic heterocycles. The highest BCUT2D eigenvalue weighted by Gasteiger charge is 2.37. The molecule has 0 aliphatic carbocycles. The number of sulfonamides is 1. The molecule has 3 N–H and O–H groups in total. The first-order chi connectivity index (χ1) is 30.9. The van der Waals surface area contributed by atoms with E-state index in [9.17, 15) is 23.3 Å². The number of hydrogen-bond donors (Lipinski definition) is 3. The van der Waals surface area contributed by atoms with Crippen molar-refractivity contribution < 1.29 is 18.1 Å². The molecule has 0 spiro atoms. The van der Waals surface area contributed by atoms with Crippen molar-refractivity contribution in [2.45, 2.75) is 53.8 Å². The first-order valence-electron chi connectivity index (χ1n) is 21.7. The fraction of sp³-hybridized carbons (Fsp3) is 0.354. The number of hydrogen-bond acceptors (Lipinski definition) is 12. The van der Waals surface area contributed by atoms with E-state index in [0.29, 0.717) is 29.3 Å². The summed E-state index contributed by atoms with van der Waals surface area (Å²) in [5, 5.41) is 19.9. The summed E-state index contributed by atoms with van der Waals surface area (Å²) in [4.78, 5) is 35.0. The quantitative estimate of drug-likeness (QED) is 0.0457. The lowest BCUT2D eigenvalue weighted by atomic mass is 9.96. The molecule has 3 fully saturated rings. The van der Waals surface area contributed by atoms with Crippen LogP contribution in [0.5, 0.6) is 0 Å². The number of carbonyl (C=O) groups is 1. The van der Waals surface area contributed by atoms with Gasteiger partial charge >= 0.3 is 0 Å². The average molecular weight is 924 g/mol. The lowest BCUT2D eigenvalue weighted by molar-refractivity contribution is -0.384. The Hall–Kier alpha value is -5.00. The van der Waals surface area contributed by atoms with Crippen molar-refractivity contribution in [3.05, 3.63) is 147 Å². The molecule has 0 saturated carbocycles. The van der Waals surface area contributed by atoms with Gasteiger partial charge in [-0.2, -0.15) is 0 Å². The second kappa shape index (κ2) is 20.4. The second-order valence-corrected chi connectivity index (χ2v) is 20.4. The molecule has 16 heteroatoms. The van der Waals surface area contributed by atoms with Gasteiger partial charge in [-0.15, -0.1) is 11.8 Å². The molecule has 5 aromatic rings. The molecule has 3 saturated heterocycles. The van der Waals surface area contributed by atoms with Gasteiger partial charge in [-0.1, -0.05) is 60.1 Å². The van der Waals surface area contributed by atoms with Crippen molar-refractivity contribution in [3.8, 4) is 11.1 Å². The van der Waals surface area contributed by atoms with E-state index in [2.05, 4.69) is 60.4 Å². The van der Waals surface area contributed by atoms with Gasteiger partial charge in [-0.05, 0) is 116 Å². The third-order valence-electron chi connectivity index (χ3n) is 12.3. The zero-order valence-electron chi connectivity index (χ0n) is 36.2. The first-order valence-corrected chi connectivity index (χ1v) is 24.6. The van der Waals surface area contributed by atoms with Gasteiger partial charge in [-0.3, -0.25) is 24.7 Å². The van der Waals surface area contributed by atoms with Crippen LogP contribution in [-0.4, -0.2) is 118 Å². The average Bonchev–Trinajstić information content (AvgIpc) is 3.92. The molecule has 5 aromatic carbocycles. The maximum atomic E-state index is 13.5. The molecule has 3 atom stereocenters. The Balaban J connectivity index is 0.882. The number of anilines is 2. The van der Waals surface area contributed by atoms with Crippen LogP contribution >= 0.6 is 23.4 Å². The minimum absolute atomic E-state index is 0.144. The Morgan fingerprint density at radius 2 is 1.69 bits per heavy atom. The maximum Gasteiger partial charge on any atom is 0.293 e. The largest absolute Gasteiger partial charge is 0.376 e. The highest BCUT2D eigenvalue weighted by molar-refractivity contribution is 7.99. The molecule has 0 radical (unpaired) electrons. The third-order valence-corrected chi connectivity index (χ3v) is 15.1. The van der Waals surface area contributed by atoms with Crippen LogP contribution in [0.1, 0.15) is 34.3 Å². The fourth-order valence-electron chi connectivity index (χ4n) is 8.83.